The van der Waals surface area contributed by atoms with Gasteiger partial charge in [0.1, 0.15) is 0 Å². The number of ether oxygens (including phenoxy) is 1. The Labute approximate surface area is 84.5 Å². The van der Waals surface area contributed by atoms with Crippen molar-refractivity contribution in [1.82, 2.24) is 4.98 Å². The lowest BCUT2D eigenvalue weighted by atomic mass is 10.1. The Morgan fingerprint density at radius 2 is 2.57 bits per heavy atom. The zero-order valence-corrected chi connectivity index (χ0v) is 8.49. The highest BCUT2D eigenvalue weighted by atomic mass is 16.5. The predicted molar refractivity (Wildman–Crippen MR) is 56.4 cm³/mol. The average molecular weight is 192 g/mol. The molecule has 3 nitrogen and oxygen atoms in total. The maximum absolute atomic E-state index is 5.32. The molecule has 1 aliphatic heterocycles. The molecule has 76 valence electrons. The molecule has 0 saturated carbocycles. The number of aromatic nitrogens is 1. The third-order valence-corrected chi connectivity index (χ3v) is 2.63. The molecule has 0 amide bonds. The Morgan fingerprint density at radius 1 is 1.64 bits per heavy atom. The van der Waals surface area contributed by atoms with Crippen LogP contribution in [0, 0.1) is 12.8 Å². The lowest BCUT2D eigenvalue weighted by molar-refractivity contribution is 0.187. The van der Waals surface area contributed by atoms with Crippen molar-refractivity contribution >= 4 is 5.69 Å². The van der Waals surface area contributed by atoms with Crippen LogP contribution in [-0.2, 0) is 4.74 Å². The summed E-state index contributed by atoms with van der Waals surface area (Å²) in [4.78, 5) is 4.06. The van der Waals surface area contributed by atoms with Gasteiger partial charge >= 0.3 is 0 Å². The van der Waals surface area contributed by atoms with Crippen LogP contribution in [0.4, 0.5) is 5.69 Å². The second kappa shape index (κ2) is 4.42. The molecule has 1 aromatic heterocycles. The maximum Gasteiger partial charge on any atom is 0.0511 e. The largest absolute Gasteiger partial charge is 0.384 e. The van der Waals surface area contributed by atoms with Gasteiger partial charge in [0, 0.05) is 37.2 Å². The number of aryl methyl sites for hydroxylation is 1. The van der Waals surface area contributed by atoms with E-state index < -0.39 is 0 Å². The number of hydrogen-bond donors (Lipinski definition) is 1. The number of pyridine rings is 1. The molecule has 1 fully saturated rings. The fraction of sp³-hybridized carbons (Fsp3) is 0.545. The number of hydrogen-bond acceptors (Lipinski definition) is 3. The van der Waals surface area contributed by atoms with Gasteiger partial charge in [-0.15, -0.1) is 0 Å². The van der Waals surface area contributed by atoms with E-state index in [1.165, 1.54) is 17.7 Å². The summed E-state index contributed by atoms with van der Waals surface area (Å²) in [5, 5.41) is 3.43. The number of rotatable bonds is 3. The smallest absolute Gasteiger partial charge is 0.0511 e. The second-order valence-electron chi connectivity index (χ2n) is 3.80. The van der Waals surface area contributed by atoms with Gasteiger partial charge in [-0.1, -0.05) is 0 Å². The average Bonchev–Trinajstić information content (AvgIpc) is 2.69. The normalized spacial score (nSPS) is 21.1. The van der Waals surface area contributed by atoms with Crippen molar-refractivity contribution in [3.05, 3.63) is 24.0 Å². The third-order valence-electron chi connectivity index (χ3n) is 2.63. The Bertz CT molecular complexity index is 295. The zero-order chi connectivity index (χ0) is 9.80. The van der Waals surface area contributed by atoms with E-state index in [4.69, 9.17) is 4.74 Å². The molecular formula is C11H16N2O. The van der Waals surface area contributed by atoms with Crippen LogP contribution in [0.15, 0.2) is 18.5 Å². The first-order valence-corrected chi connectivity index (χ1v) is 5.08. The van der Waals surface area contributed by atoms with Crippen molar-refractivity contribution in [2.45, 2.75) is 13.3 Å². The summed E-state index contributed by atoms with van der Waals surface area (Å²) in [5.41, 5.74) is 2.39. The van der Waals surface area contributed by atoms with Crippen molar-refractivity contribution in [2.24, 2.45) is 5.92 Å². The van der Waals surface area contributed by atoms with Gasteiger partial charge in [-0.25, -0.2) is 0 Å². The topological polar surface area (TPSA) is 34.2 Å². The van der Waals surface area contributed by atoms with E-state index in [-0.39, 0.29) is 0 Å². The fourth-order valence-electron chi connectivity index (χ4n) is 1.67. The molecule has 0 aliphatic carbocycles. The molecule has 2 heterocycles. The van der Waals surface area contributed by atoms with Crippen LogP contribution in [0.5, 0.6) is 0 Å². The van der Waals surface area contributed by atoms with E-state index in [1.807, 2.05) is 18.5 Å². The van der Waals surface area contributed by atoms with Crippen molar-refractivity contribution in [2.75, 3.05) is 25.1 Å². The van der Waals surface area contributed by atoms with E-state index in [0.29, 0.717) is 5.92 Å². The molecule has 0 spiro atoms. The third kappa shape index (κ3) is 2.23. The van der Waals surface area contributed by atoms with E-state index >= 15 is 0 Å². The van der Waals surface area contributed by atoms with Crippen molar-refractivity contribution in [1.29, 1.82) is 0 Å². The van der Waals surface area contributed by atoms with Crippen LogP contribution < -0.4 is 5.32 Å². The number of nitrogens with one attached hydrogen (secondary N) is 1. The van der Waals surface area contributed by atoms with E-state index in [0.717, 1.165) is 19.8 Å². The highest BCUT2D eigenvalue weighted by Crippen LogP contribution is 2.16. The summed E-state index contributed by atoms with van der Waals surface area (Å²) in [5.74, 6) is 0.669. The molecule has 3 heteroatoms. The minimum absolute atomic E-state index is 0.669. The second-order valence-corrected chi connectivity index (χ2v) is 3.80. The van der Waals surface area contributed by atoms with Gasteiger partial charge in [-0.05, 0) is 25.0 Å². The molecular weight excluding hydrogens is 176 g/mol. The molecule has 1 aromatic rings. The van der Waals surface area contributed by atoms with Crippen LogP contribution >= 0.6 is 0 Å². The Balaban J connectivity index is 1.88. The van der Waals surface area contributed by atoms with E-state index in [9.17, 15) is 0 Å². The van der Waals surface area contributed by atoms with E-state index in [1.54, 1.807) is 0 Å². The summed E-state index contributed by atoms with van der Waals surface area (Å²) >= 11 is 0. The Morgan fingerprint density at radius 3 is 3.29 bits per heavy atom. The summed E-state index contributed by atoms with van der Waals surface area (Å²) in [7, 11) is 0. The van der Waals surface area contributed by atoms with Gasteiger partial charge in [-0.3, -0.25) is 4.98 Å². The van der Waals surface area contributed by atoms with Gasteiger partial charge in [0.15, 0.2) is 0 Å². The summed E-state index contributed by atoms with van der Waals surface area (Å²) < 4.78 is 5.32. The molecule has 1 saturated heterocycles. The van der Waals surface area contributed by atoms with Crippen molar-refractivity contribution in [3.63, 3.8) is 0 Å². The zero-order valence-electron chi connectivity index (χ0n) is 8.49. The quantitative estimate of drug-likeness (QED) is 0.793. The molecule has 14 heavy (non-hydrogen) atoms. The van der Waals surface area contributed by atoms with Crippen molar-refractivity contribution < 1.29 is 4.74 Å². The standard InChI is InChI=1S/C11H16N2O/c1-9-6-12-4-2-11(9)13-7-10-3-5-14-8-10/h2,4,6,10H,3,5,7-8H2,1H3,(H,12,13). The highest BCUT2D eigenvalue weighted by molar-refractivity contribution is 5.48. The minimum Gasteiger partial charge on any atom is -0.384 e. The molecule has 1 unspecified atom stereocenters. The lowest BCUT2D eigenvalue weighted by Crippen LogP contribution is -2.14. The first-order valence-electron chi connectivity index (χ1n) is 5.08. The first-order chi connectivity index (χ1) is 6.86. The van der Waals surface area contributed by atoms with Gasteiger partial charge < -0.3 is 10.1 Å². The molecule has 1 N–H and O–H groups in total. The highest BCUT2D eigenvalue weighted by Gasteiger charge is 2.14. The summed E-state index contributed by atoms with van der Waals surface area (Å²) in [6.07, 6.45) is 4.88. The summed E-state index contributed by atoms with van der Waals surface area (Å²) in [6.45, 7) is 4.89. The van der Waals surface area contributed by atoms with Gasteiger partial charge in [0.05, 0.1) is 6.61 Å². The Kier molecular flexibility index (Phi) is 2.99. The van der Waals surface area contributed by atoms with Gasteiger partial charge in [0.2, 0.25) is 0 Å². The molecule has 2 rings (SSSR count). The van der Waals surface area contributed by atoms with Crippen molar-refractivity contribution in [3.8, 4) is 0 Å². The van der Waals surface area contributed by atoms with Gasteiger partial charge in [-0.2, -0.15) is 0 Å². The minimum atomic E-state index is 0.669. The SMILES string of the molecule is Cc1cnccc1NCC1CCOC1. The first kappa shape index (κ1) is 9.46. The maximum atomic E-state index is 5.32. The fourth-order valence-corrected chi connectivity index (χ4v) is 1.67. The van der Waals surface area contributed by atoms with Crippen LogP contribution in [0.25, 0.3) is 0 Å². The molecule has 0 aromatic carbocycles. The summed E-state index contributed by atoms with van der Waals surface area (Å²) in [6, 6.07) is 2.02. The molecule has 1 atom stereocenters. The molecule has 1 aliphatic rings. The van der Waals surface area contributed by atoms with Crippen LogP contribution in [0.1, 0.15) is 12.0 Å². The van der Waals surface area contributed by atoms with Crippen LogP contribution in [-0.4, -0.2) is 24.7 Å². The number of anilines is 1. The van der Waals surface area contributed by atoms with Gasteiger partial charge in [0.25, 0.3) is 0 Å². The molecule has 0 bridgehead atoms. The van der Waals surface area contributed by atoms with Crippen LogP contribution in [0.2, 0.25) is 0 Å². The van der Waals surface area contributed by atoms with E-state index in [2.05, 4.69) is 17.2 Å². The monoisotopic (exact) mass is 192 g/mol. The predicted octanol–water partition coefficient (Wildman–Crippen LogP) is 1.84. The van der Waals surface area contributed by atoms with Crippen LogP contribution in [0.3, 0.4) is 0 Å². The number of nitrogens with zero attached hydrogens (tertiary/aromatic N) is 1. The Hall–Kier alpha value is -1.09. The lowest BCUT2D eigenvalue weighted by Gasteiger charge is -2.12. The molecule has 0 radical (unpaired) electrons.